The zero-order chi connectivity index (χ0) is 15.0. The van der Waals surface area contributed by atoms with Crippen molar-refractivity contribution in [3.8, 4) is 0 Å². The lowest BCUT2D eigenvalue weighted by atomic mass is 10.1. The predicted octanol–water partition coefficient (Wildman–Crippen LogP) is 1.76. The van der Waals surface area contributed by atoms with Crippen molar-refractivity contribution in [2.24, 2.45) is 0 Å². The molecule has 1 saturated heterocycles. The maximum atomic E-state index is 12.2. The Balaban J connectivity index is 2.11. The normalized spacial score (nSPS) is 21.3. The van der Waals surface area contributed by atoms with Gasteiger partial charge in [0, 0.05) is 6.20 Å². The van der Waals surface area contributed by atoms with E-state index in [1.165, 1.54) is 7.11 Å². The molecule has 112 valence electrons. The van der Waals surface area contributed by atoms with Gasteiger partial charge in [0.2, 0.25) is 0 Å². The van der Waals surface area contributed by atoms with Gasteiger partial charge >= 0.3 is 5.97 Å². The molecule has 0 N–H and O–H groups in total. The fourth-order valence-electron chi connectivity index (χ4n) is 2.74. The molecule has 1 aliphatic heterocycles. The molecule has 1 unspecified atom stereocenters. The first-order chi connectivity index (χ1) is 10.0. The number of hydrogen-bond acceptors (Lipinski definition) is 5. The van der Waals surface area contributed by atoms with Gasteiger partial charge in [-0.25, -0.2) is 18.2 Å². The number of ether oxygens (including phenoxy) is 1. The van der Waals surface area contributed by atoms with E-state index in [4.69, 9.17) is 4.74 Å². The van der Waals surface area contributed by atoms with Crippen molar-refractivity contribution in [3.63, 3.8) is 0 Å². The second-order valence-corrected chi connectivity index (χ2v) is 7.45. The monoisotopic (exact) mass is 308 g/mol. The Morgan fingerprint density at radius 3 is 2.90 bits per heavy atom. The van der Waals surface area contributed by atoms with Crippen LogP contribution in [0.3, 0.4) is 0 Å². The molecule has 0 spiro atoms. The predicted molar refractivity (Wildman–Crippen MR) is 76.9 cm³/mol. The molecule has 0 aliphatic carbocycles. The Bertz CT molecular complexity index is 794. The molecule has 3 heterocycles. The SMILES string of the molecule is COC(=O)c1cccc2nc(C3CCCCS3(=O)=O)cn12. The molecule has 2 aromatic rings. The van der Waals surface area contributed by atoms with Gasteiger partial charge < -0.3 is 4.74 Å². The highest BCUT2D eigenvalue weighted by Crippen LogP contribution is 2.33. The van der Waals surface area contributed by atoms with Crippen LogP contribution in [0.15, 0.2) is 24.4 Å². The summed E-state index contributed by atoms with van der Waals surface area (Å²) in [6.07, 6.45) is 3.80. The van der Waals surface area contributed by atoms with Crippen LogP contribution in [0.25, 0.3) is 5.65 Å². The quantitative estimate of drug-likeness (QED) is 0.790. The average molecular weight is 308 g/mol. The lowest BCUT2D eigenvalue weighted by Crippen LogP contribution is -2.21. The first kappa shape index (κ1) is 14.1. The molecular weight excluding hydrogens is 292 g/mol. The fourth-order valence-corrected chi connectivity index (χ4v) is 4.64. The Morgan fingerprint density at radius 2 is 2.19 bits per heavy atom. The maximum Gasteiger partial charge on any atom is 0.355 e. The summed E-state index contributed by atoms with van der Waals surface area (Å²) >= 11 is 0. The van der Waals surface area contributed by atoms with Crippen molar-refractivity contribution in [2.45, 2.75) is 24.5 Å². The molecule has 1 atom stereocenters. The van der Waals surface area contributed by atoms with E-state index >= 15 is 0 Å². The molecule has 2 aromatic heterocycles. The smallest absolute Gasteiger partial charge is 0.355 e. The van der Waals surface area contributed by atoms with Crippen molar-refractivity contribution < 1.29 is 17.9 Å². The third-order valence-electron chi connectivity index (χ3n) is 3.81. The van der Waals surface area contributed by atoms with Gasteiger partial charge in [-0.1, -0.05) is 12.5 Å². The summed E-state index contributed by atoms with van der Waals surface area (Å²) in [7, 11) is -1.84. The molecular formula is C14H16N2O4S. The minimum Gasteiger partial charge on any atom is -0.464 e. The van der Waals surface area contributed by atoms with E-state index in [2.05, 4.69) is 4.98 Å². The minimum atomic E-state index is -3.15. The summed E-state index contributed by atoms with van der Waals surface area (Å²) in [6.45, 7) is 0. The molecule has 0 saturated carbocycles. The zero-order valence-corrected chi connectivity index (χ0v) is 12.5. The van der Waals surface area contributed by atoms with Crippen LogP contribution in [0.1, 0.15) is 40.7 Å². The number of carbonyl (C=O) groups is 1. The van der Waals surface area contributed by atoms with Crippen LogP contribution in [-0.2, 0) is 14.6 Å². The third-order valence-corrected chi connectivity index (χ3v) is 6.02. The fraction of sp³-hybridized carbons (Fsp3) is 0.429. The second-order valence-electron chi connectivity index (χ2n) is 5.15. The number of rotatable bonds is 2. The van der Waals surface area contributed by atoms with Gasteiger partial charge in [0.25, 0.3) is 0 Å². The summed E-state index contributed by atoms with van der Waals surface area (Å²) in [6, 6.07) is 5.07. The number of sulfone groups is 1. The number of fused-ring (bicyclic) bond motifs is 1. The van der Waals surface area contributed by atoms with Crippen molar-refractivity contribution in [2.75, 3.05) is 12.9 Å². The molecule has 1 fully saturated rings. The number of hydrogen-bond donors (Lipinski definition) is 0. The van der Waals surface area contributed by atoms with Crippen LogP contribution in [0, 0.1) is 0 Å². The zero-order valence-electron chi connectivity index (χ0n) is 11.7. The summed E-state index contributed by atoms with van der Waals surface area (Å²) in [5, 5.41) is -0.573. The largest absolute Gasteiger partial charge is 0.464 e. The van der Waals surface area contributed by atoms with E-state index in [0.717, 1.165) is 6.42 Å². The molecule has 0 bridgehead atoms. The highest BCUT2D eigenvalue weighted by molar-refractivity contribution is 7.91. The Labute approximate surface area is 122 Å². The number of methoxy groups -OCH3 is 1. The summed E-state index contributed by atoms with van der Waals surface area (Å²) in [5.74, 6) is -0.272. The van der Waals surface area contributed by atoms with Crippen molar-refractivity contribution >= 4 is 21.5 Å². The van der Waals surface area contributed by atoms with Gasteiger partial charge in [-0.05, 0) is 25.0 Å². The van der Waals surface area contributed by atoms with Crippen molar-refractivity contribution in [1.82, 2.24) is 9.38 Å². The highest BCUT2D eigenvalue weighted by atomic mass is 32.2. The van der Waals surface area contributed by atoms with E-state index in [9.17, 15) is 13.2 Å². The third kappa shape index (κ3) is 2.42. The first-order valence-electron chi connectivity index (χ1n) is 6.81. The topological polar surface area (TPSA) is 77.7 Å². The Morgan fingerprint density at radius 1 is 1.38 bits per heavy atom. The molecule has 0 aromatic carbocycles. The molecule has 7 heteroatoms. The highest BCUT2D eigenvalue weighted by Gasteiger charge is 2.32. The average Bonchev–Trinajstić information content (AvgIpc) is 2.89. The first-order valence-corrected chi connectivity index (χ1v) is 8.52. The van der Waals surface area contributed by atoms with Crippen LogP contribution >= 0.6 is 0 Å². The molecule has 0 amide bonds. The summed E-state index contributed by atoms with van der Waals surface area (Å²) in [4.78, 5) is 16.1. The van der Waals surface area contributed by atoms with E-state index < -0.39 is 21.1 Å². The summed E-state index contributed by atoms with van der Waals surface area (Å²) in [5.41, 5.74) is 1.39. The lowest BCUT2D eigenvalue weighted by Gasteiger charge is -2.20. The molecule has 3 rings (SSSR count). The van der Waals surface area contributed by atoms with Crippen LogP contribution in [0.4, 0.5) is 0 Å². The Hall–Kier alpha value is -1.89. The number of carbonyl (C=O) groups excluding carboxylic acids is 1. The van der Waals surface area contributed by atoms with Crippen LogP contribution in [-0.4, -0.2) is 36.6 Å². The number of nitrogens with zero attached hydrogens (tertiary/aromatic N) is 2. The van der Waals surface area contributed by atoms with Crippen molar-refractivity contribution in [3.05, 3.63) is 35.8 Å². The van der Waals surface area contributed by atoms with Gasteiger partial charge in [0.1, 0.15) is 16.6 Å². The lowest BCUT2D eigenvalue weighted by molar-refractivity contribution is 0.0592. The molecule has 6 nitrogen and oxygen atoms in total. The number of pyridine rings is 1. The summed E-state index contributed by atoms with van der Waals surface area (Å²) < 4.78 is 30.7. The molecule has 1 aliphatic rings. The van der Waals surface area contributed by atoms with Crippen LogP contribution in [0.5, 0.6) is 0 Å². The van der Waals surface area contributed by atoms with Gasteiger partial charge in [0.15, 0.2) is 9.84 Å². The number of aromatic nitrogens is 2. The molecule has 0 radical (unpaired) electrons. The van der Waals surface area contributed by atoms with Gasteiger partial charge in [-0.15, -0.1) is 0 Å². The minimum absolute atomic E-state index is 0.204. The van der Waals surface area contributed by atoms with E-state index in [-0.39, 0.29) is 5.75 Å². The molecule has 21 heavy (non-hydrogen) atoms. The van der Waals surface area contributed by atoms with Crippen LogP contribution in [0.2, 0.25) is 0 Å². The second kappa shape index (κ2) is 5.14. The van der Waals surface area contributed by atoms with E-state index in [1.807, 2.05) is 0 Å². The van der Waals surface area contributed by atoms with E-state index in [0.29, 0.717) is 29.9 Å². The number of esters is 1. The van der Waals surface area contributed by atoms with E-state index in [1.54, 1.807) is 28.8 Å². The van der Waals surface area contributed by atoms with Crippen molar-refractivity contribution in [1.29, 1.82) is 0 Å². The van der Waals surface area contributed by atoms with Crippen LogP contribution < -0.4 is 0 Å². The van der Waals surface area contributed by atoms with Gasteiger partial charge in [0.05, 0.1) is 18.6 Å². The number of imidazole rings is 1. The van der Waals surface area contributed by atoms with Gasteiger partial charge in [-0.2, -0.15) is 0 Å². The standard InChI is InChI=1S/C14H16N2O4S/c1-20-14(17)11-5-4-7-13-15-10(9-16(11)13)12-6-2-3-8-21(12,18)19/h4-5,7,9,12H,2-3,6,8H2,1H3. The van der Waals surface area contributed by atoms with Gasteiger partial charge in [-0.3, -0.25) is 4.40 Å². The maximum absolute atomic E-state index is 12.2. The Kier molecular flexibility index (Phi) is 3.44.